The molecule has 0 radical (unpaired) electrons. The fourth-order valence-corrected chi connectivity index (χ4v) is 4.06. The molecule has 0 bridgehead atoms. The van der Waals surface area contributed by atoms with Gasteiger partial charge in [-0.15, -0.1) is 0 Å². The maximum absolute atomic E-state index is 12.1. The van der Waals surface area contributed by atoms with Gasteiger partial charge in [-0.1, -0.05) is 23.7 Å². The van der Waals surface area contributed by atoms with Gasteiger partial charge in [0.15, 0.2) is 5.78 Å². The van der Waals surface area contributed by atoms with Gasteiger partial charge in [-0.05, 0) is 62.4 Å². The lowest BCUT2D eigenvalue weighted by Crippen LogP contribution is -2.44. The zero-order valence-corrected chi connectivity index (χ0v) is 17.3. The molecule has 0 atom stereocenters. The Morgan fingerprint density at radius 3 is 2.36 bits per heavy atom. The van der Waals surface area contributed by atoms with Crippen molar-refractivity contribution in [1.82, 2.24) is 9.88 Å². The normalized spacial score (nSPS) is 15.2. The summed E-state index contributed by atoms with van der Waals surface area (Å²) in [5.41, 5.74) is 5.53. The molecule has 0 spiro atoms. The third kappa shape index (κ3) is 3.62. The molecule has 0 unspecified atom stereocenters. The second-order valence-corrected chi connectivity index (χ2v) is 7.96. The van der Waals surface area contributed by atoms with Gasteiger partial charge in [0.1, 0.15) is 5.15 Å². The van der Waals surface area contributed by atoms with E-state index in [0.29, 0.717) is 10.7 Å². The summed E-state index contributed by atoms with van der Waals surface area (Å²) in [5, 5.41) is 1.31. The molecular formula is C23H24ClN3O. The maximum Gasteiger partial charge on any atom is 0.160 e. The Labute approximate surface area is 170 Å². The lowest BCUT2D eigenvalue weighted by molar-refractivity contribution is 0.101. The van der Waals surface area contributed by atoms with E-state index in [4.69, 9.17) is 11.6 Å². The number of hydrogen-bond donors (Lipinski definition) is 0. The smallest absolute Gasteiger partial charge is 0.160 e. The quantitative estimate of drug-likeness (QED) is 0.472. The van der Waals surface area contributed by atoms with E-state index in [2.05, 4.69) is 46.1 Å². The Morgan fingerprint density at radius 2 is 1.71 bits per heavy atom. The molecule has 1 fully saturated rings. The molecule has 144 valence electrons. The van der Waals surface area contributed by atoms with Crippen molar-refractivity contribution < 1.29 is 4.79 Å². The predicted octanol–water partition coefficient (Wildman–Crippen LogP) is 4.82. The van der Waals surface area contributed by atoms with E-state index in [9.17, 15) is 4.79 Å². The number of hydrogen-bond acceptors (Lipinski definition) is 4. The number of ketones is 1. The van der Waals surface area contributed by atoms with Crippen molar-refractivity contribution in [2.24, 2.45) is 0 Å². The zero-order chi connectivity index (χ0) is 19.8. The number of Topliss-reactive ketones (excluding diaryl/α,β-unsaturated/α-hetero) is 1. The van der Waals surface area contributed by atoms with E-state index in [1.165, 1.54) is 5.69 Å². The van der Waals surface area contributed by atoms with Crippen LogP contribution < -0.4 is 4.90 Å². The van der Waals surface area contributed by atoms with Crippen LogP contribution in [0.5, 0.6) is 0 Å². The number of aryl methyl sites for hydroxylation is 1. The van der Waals surface area contributed by atoms with Crippen LogP contribution in [0.2, 0.25) is 5.15 Å². The molecule has 2 aromatic carbocycles. The van der Waals surface area contributed by atoms with Crippen LogP contribution in [-0.2, 0) is 0 Å². The van der Waals surface area contributed by atoms with Crippen LogP contribution in [0.1, 0.15) is 22.8 Å². The first-order chi connectivity index (χ1) is 13.4. The molecule has 2 heterocycles. The van der Waals surface area contributed by atoms with Crippen LogP contribution in [0.4, 0.5) is 5.69 Å². The Bertz CT molecular complexity index is 1040. The highest BCUT2D eigenvalue weighted by Crippen LogP contribution is 2.33. The number of pyridine rings is 1. The van der Waals surface area contributed by atoms with Crippen molar-refractivity contribution in [3.63, 3.8) is 0 Å². The number of carbonyl (C=O) groups excluding carboxylic acids is 1. The topological polar surface area (TPSA) is 36.4 Å². The highest BCUT2D eigenvalue weighted by atomic mass is 35.5. The highest BCUT2D eigenvalue weighted by molar-refractivity contribution is 6.32. The first kappa shape index (κ1) is 18.9. The number of nitrogens with zero attached hydrogens (tertiary/aromatic N) is 3. The molecule has 5 heteroatoms. The summed E-state index contributed by atoms with van der Waals surface area (Å²) in [6, 6.07) is 14.3. The zero-order valence-electron chi connectivity index (χ0n) is 16.5. The van der Waals surface area contributed by atoms with Gasteiger partial charge in [0.25, 0.3) is 0 Å². The van der Waals surface area contributed by atoms with E-state index in [1.807, 2.05) is 25.1 Å². The average Bonchev–Trinajstić information content (AvgIpc) is 2.67. The van der Waals surface area contributed by atoms with Gasteiger partial charge >= 0.3 is 0 Å². The molecule has 0 N–H and O–H groups in total. The van der Waals surface area contributed by atoms with E-state index in [1.54, 1.807) is 6.92 Å². The summed E-state index contributed by atoms with van der Waals surface area (Å²) in [6.45, 7) is 7.79. The van der Waals surface area contributed by atoms with E-state index in [0.717, 1.165) is 53.8 Å². The molecule has 1 aliphatic heterocycles. The van der Waals surface area contributed by atoms with Gasteiger partial charge < -0.3 is 9.80 Å². The SMILES string of the molecule is CC(=O)c1cc(C)cc2nc(Cl)c(-c3ccc(N4CCN(C)CC4)cc3)cc12. The van der Waals surface area contributed by atoms with Crippen molar-refractivity contribution in [2.45, 2.75) is 13.8 Å². The summed E-state index contributed by atoms with van der Waals surface area (Å²) < 4.78 is 0. The van der Waals surface area contributed by atoms with Gasteiger partial charge in [0, 0.05) is 48.4 Å². The van der Waals surface area contributed by atoms with Crippen molar-refractivity contribution in [1.29, 1.82) is 0 Å². The Kier molecular flexibility index (Phi) is 5.09. The molecule has 0 amide bonds. The average molecular weight is 394 g/mol. The number of rotatable bonds is 3. The van der Waals surface area contributed by atoms with E-state index in [-0.39, 0.29) is 5.78 Å². The number of halogens is 1. The minimum atomic E-state index is 0.0363. The number of likely N-dealkylation sites (N-methyl/N-ethyl adjacent to an activating group) is 1. The van der Waals surface area contributed by atoms with E-state index >= 15 is 0 Å². The first-order valence-corrected chi connectivity index (χ1v) is 9.96. The van der Waals surface area contributed by atoms with Gasteiger partial charge in [-0.2, -0.15) is 0 Å². The third-order valence-corrected chi connectivity index (χ3v) is 5.75. The van der Waals surface area contributed by atoms with Crippen LogP contribution in [0.3, 0.4) is 0 Å². The lowest BCUT2D eigenvalue weighted by atomic mass is 9.98. The maximum atomic E-state index is 12.1. The van der Waals surface area contributed by atoms with Crippen LogP contribution in [0, 0.1) is 6.92 Å². The number of carbonyl (C=O) groups is 1. The highest BCUT2D eigenvalue weighted by Gasteiger charge is 2.16. The lowest BCUT2D eigenvalue weighted by Gasteiger charge is -2.34. The van der Waals surface area contributed by atoms with Gasteiger partial charge in [0.2, 0.25) is 0 Å². The number of fused-ring (bicyclic) bond motifs is 1. The fraction of sp³-hybridized carbons (Fsp3) is 0.304. The summed E-state index contributed by atoms with van der Waals surface area (Å²) in [5.74, 6) is 0.0363. The standard InChI is InChI=1S/C23H24ClN3O/c1-15-12-19(16(2)28)21-14-20(23(24)25-22(21)13-15)17-4-6-18(7-5-17)27-10-8-26(3)9-11-27/h4-7,12-14H,8-11H2,1-3H3. The number of benzene rings is 2. The third-order valence-electron chi connectivity index (χ3n) is 5.46. The van der Waals surface area contributed by atoms with Crippen molar-refractivity contribution in [3.8, 4) is 11.1 Å². The summed E-state index contributed by atoms with van der Waals surface area (Å²) in [7, 11) is 2.16. The van der Waals surface area contributed by atoms with Crippen molar-refractivity contribution in [2.75, 3.05) is 38.1 Å². The van der Waals surface area contributed by atoms with Crippen molar-refractivity contribution in [3.05, 3.63) is 58.7 Å². The second kappa shape index (κ2) is 7.53. The van der Waals surface area contributed by atoms with Crippen LogP contribution in [0.15, 0.2) is 42.5 Å². The molecule has 3 aromatic rings. The number of anilines is 1. The van der Waals surface area contributed by atoms with Gasteiger partial charge in [0.05, 0.1) is 5.52 Å². The molecule has 0 saturated carbocycles. The first-order valence-electron chi connectivity index (χ1n) is 9.58. The van der Waals surface area contributed by atoms with Gasteiger partial charge in [-0.3, -0.25) is 4.79 Å². The number of piperazine rings is 1. The molecule has 28 heavy (non-hydrogen) atoms. The minimum absolute atomic E-state index is 0.0363. The van der Waals surface area contributed by atoms with Crippen LogP contribution in [-0.4, -0.2) is 48.9 Å². The Balaban J connectivity index is 1.72. The number of aromatic nitrogens is 1. The Hall–Kier alpha value is -2.43. The fourth-order valence-electron chi connectivity index (χ4n) is 3.80. The molecule has 0 aliphatic carbocycles. The van der Waals surface area contributed by atoms with Crippen LogP contribution in [0.25, 0.3) is 22.0 Å². The summed E-state index contributed by atoms with van der Waals surface area (Å²) in [6.07, 6.45) is 0. The predicted molar refractivity (Wildman–Crippen MR) is 117 cm³/mol. The summed E-state index contributed by atoms with van der Waals surface area (Å²) in [4.78, 5) is 21.4. The van der Waals surface area contributed by atoms with Gasteiger partial charge in [-0.25, -0.2) is 4.98 Å². The molecule has 1 aliphatic rings. The largest absolute Gasteiger partial charge is 0.369 e. The van der Waals surface area contributed by atoms with Crippen LogP contribution >= 0.6 is 11.6 Å². The monoisotopic (exact) mass is 393 g/mol. The summed E-state index contributed by atoms with van der Waals surface area (Å²) >= 11 is 6.51. The minimum Gasteiger partial charge on any atom is -0.369 e. The molecule has 4 rings (SSSR count). The van der Waals surface area contributed by atoms with E-state index < -0.39 is 0 Å². The molecule has 4 nitrogen and oxygen atoms in total. The molecular weight excluding hydrogens is 370 g/mol. The second-order valence-electron chi connectivity index (χ2n) is 7.60. The molecule has 1 saturated heterocycles. The Morgan fingerprint density at radius 1 is 1.04 bits per heavy atom. The van der Waals surface area contributed by atoms with Crippen molar-refractivity contribution >= 4 is 34.0 Å². The molecule has 1 aromatic heterocycles.